The molecule has 0 saturated heterocycles. The molecule has 0 aliphatic carbocycles. The van der Waals surface area contributed by atoms with E-state index in [1.807, 2.05) is 12.1 Å². The average Bonchev–Trinajstić information content (AvgIpc) is 2.85. The zero-order valence-corrected chi connectivity index (χ0v) is 21.1. The Morgan fingerprint density at radius 1 is 0.611 bits per heavy atom. The largest absolute Gasteiger partial charge is 0.507 e. The highest BCUT2D eigenvalue weighted by Crippen LogP contribution is 2.29. The van der Waals surface area contributed by atoms with Gasteiger partial charge in [-0.15, -0.1) is 0 Å². The van der Waals surface area contributed by atoms with Crippen LogP contribution in [-0.2, 0) is 12.8 Å². The fraction of sp³-hybridized carbons (Fsp3) is 0.333. The van der Waals surface area contributed by atoms with Gasteiger partial charge < -0.3 is 20.8 Å². The zero-order valence-electron chi connectivity index (χ0n) is 21.1. The molecule has 0 aromatic heterocycles. The van der Waals surface area contributed by atoms with Crippen LogP contribution in [0.1, 0.15) is 84.2 Å². The van der Waals surface area contributed by atoms with Crippen LogP contribution in [0.3, 0.4) is 0 Å². The van der Waals surface area contributed by atoms with Gasteiger partial charge in [-0.25, -0.2) is 0 Å². The van der Waals surface area contributed by atoms with Crippen molar-refractivity contribution in [1.82, 2.24) is 0 Å². The second-order valence-electron chi connectivity index (χ2n) is 8.99. The van der Waals surface area contributed by atoms with E-state index in [1.165, 1.54) is 12.1 Å². The molecule has 4 N–H and O–H groups in total. The number of nitrogens with one attached hydrogen (secondary N) is 2. The standard InChI is InChI=1S/C30H36N2O4/c1-3-5-7-13-21-15-11-19-25(33)27(21)29(35)31-23-17-9-10-18-24(23)32-30(36)28-22(14-8-6-4-2)16-12-20-26(28)34/h9-12,15-20,33-34H,3-8,13-14H2,1-2H3,(H,31,35)(H,32,36). The van der Waals surface area contributed by atoms with Crippen LogP contribution in [0, 0.1) is 0 Å². The van der Waals surface area contributed by atoms with Crippen molar-refractivity contribution in [2.24, 2.45) is 0 Å². The number of amides is 2. The molecule has 0 aliphatic heterocycles. The fourth-order valence-electron chi connectivity index (χ4n) is 4.32. The summed E-state index contributed by atoms with van der Waals surface area (Å²) in [5.41, 5.74) is 2.87. The van der Waals surface area contributed by atoms with E-state index in [9.17, 15) is 19.8 Å². The molecule has 3 aromatic carbocycles. The van der Waals surface area contributed by atoms with Crippen LogP contribution in [0.5, 0.6) is 11.5 Å². The first-order valence-corrected chi connectivity index (χ1v) is 12.8. The molecule has 6 heteroatoms. The SMILES string of the molecule is CCCCCc1cccc(O)c1C(=O)Nc1ccccc1NC(=O)c1c(O)cccc1CCCCC. The van der Waals surface area contributed by atoms with E-state index in [0.717, 1.165) is 49.7 Å². The minimum atomic E-state index is -0.441. The lowest BCUT2D eigenvalue weighted by Crippen LogP contribution is -2.19. The predicted molar refractivity (Wildman–Crippen MR) is 145 cm³/mol. The maximum Gasteiger partial charge on any atom is 0.259 e. The number of anilines is 2. The molecule has 3 rings (SSSR count). The summed E-state index contributed by atoms with van der Waals surface area (Å²) in [5, 5.41) is 26.6. The summed E-state index contributed by atoms with van der Waals surface area (Å²) in [4.78, 5) is 26.5. The summed E-state index contributed by atoms with van der Waals surface area (Å²) in [6.07, 6.45) is 7.43. The number of carbonyl (C=O) groups is 2. The van der Waals surface area contributed by atoms with Gasteiger partial charge in [0, 0.05) is 0 Å². The van der Waals surface area contributed by atoms with Gasteiger partial charge in [-0.1, -0.05) is 75.9 Å². The third-order valence-electron chi connectivity index (χ3n) is 6.23. The molecule has 0 atom stereocenters. The maximum atomic E-state index is 13.2. The van der Waals surface area contributed by atoms with Gasteiger partial charge in [0.15, 0.2) is 0 Å². The third kappa shape index (κ3) is 6.87. The molecular weight excluding hydrogens is 452 g/mol. The van der Waals surface area contributed by atoms with Gasteiger partial charge in [-0.3, -0.25) is 9.59 Å². The Labute approximate surface area is 213 Å². The highest BCUT2D eigenvalue weighted by molar-refractivity contribution is 6.12. The van der Waals surface area contributed by atoms with Gasteiger partial charge in [-0.05, 0) is 61.1 Å². The highest BCUT2D eigenvalue weighted by atomic mass is 16.3. The minimum absolute atomic E-state index is 0.0751. The first-order chi connectivity index (χ1) is 17.5. The van der Waals surface area contributed by atoms with E-state index in [-0.39, 0.29) is 22.6 Å². The number of hydrogen-bond donors (Lipinski definition) is 4. The Balaban J connectivity index is 1.83. The summed E-state index contributed by atoms with van der Waals surface area (Å²) in [6.45, 7) is 4.23. The molecular formula is C30H36N2O4. The second kappa shape index (κ2) is 13.3. The first kappa shape index (κ1) is 26.8. The lowest BCUT2D eigenvalue weighted by atomic mass is 9.99. The zero-order chi connectivity index (χ0) is 25.9. The molecule has 0 spiro atoms. The molecule has 3 aromatic rings. The molecule has 0 aliphatic rings. The molecule has 0 fully saturated rings. The Kier molecular flexibility index (Phi) is 9.92. The van der Waals surface area contributed by atoms with E-state index in [0.29, 0.717) is 24.2 Å². The average molecular weight is 489 g/mol. The number of hydrogen-bond acceptors (Lipinski definition) is 4. The van der Waals surface area contributed by atoms with E-state index < -0.39 is 11.8 Å². The molecule has 6 nitrogen and oxygen atoms in total. The molecule has 2 amide bonds. The third-order valence-corrected chi connectivity index (χ3v) is 6.23. The van der Waals surface area contributed by atoms with Gasteiger partial charge in [0.05, 0.1) is 22.5 Å². The Bertz CT molecular complexity index is 1100. The van der Waals surface area contributed by atoms with Crippen LogP contribution in [0.25, 0.3) is 0 Å². The number of aryl methyl sites for hydroxylation is 2. The van der Waals surface area contributed by atoms with Crippen LogP contribution in [0.15, 0.2) is 60.7 Å². The quantitative estimate of drug-likeness (QED) is 0.205. The van der Waals surface area contributed by atoms with E-state index in [1.54, 1.807) is 36.4 Å². The van der Waals surface area contributed by atoms with Crippen molar-refractivity contribution in [2.45, 2.75) is 65.2 Å². The topological polar surface area (TPSA) is 98.7 Å². The molecule has 190 valence electrons. The number of phenolic OH excluding ortho intramolecular Hbond substituents is 2. The summed E-state index contributed by atoms with van der Waals surface area (Å²) < 4.78 is 0. The van der Waals surface area contributed by atoms with Crippen LogP contribution in [0.4, 0.5) is 11.4 Å². The predicted octanol–water partition coefficient (Wildman–Crippen LogP) is 7.07. The van der Waals surface area contributed by atoms with Gasteiger partial charge >= 0.3 is 0 Å². The number of aromatic hydroxyl groups is 2. The Morgan fingerprint density at radius 2 is 1.03 bits per heavy atom. The van der Waals surface area contributed by atoms with Crippen LogP contribution in [-0.4, -0.2) is 22.0 Å². The van der Waals surface area contributed by atoms with Gasteiger partial charge in [0.1, 0.15) is 11.5 Å². The fourth-order valence-corrected chi connectivity index (χ4v) is 4.32. The molecule has 0 saturated carbocycles. The summed E-state index contributed by atoms with van der Waals surface area (Å²) in [6, 6.07) is 17.1. The van der Waals surface area contributed by atoms with Crippen molar-refractivity contribution in [3.05, 3.63) is 82.9 Å². The number of para-hydroxylation sites is 2. The molecule has 36 heavy (non-hydrogen) atoms. The molecule has 0 bridgehead atoms. The molecule has 0 radical (unpaired) electrons. The number of phenols is 2. The maximum absolute atomic E-state index is 13.2. The lowest BCUT2D eigenvalue weighted by molar-refractivity contribution is 0.101. The number of unbranched alkanes of at least 4 members (excludes halogenated alkanes) is 4. The van der Waals surface area contributed by atoms with Crippen molar-refractivity contribution < 1.29 is 19.8 Å². The van der Waals surface area contributed by atoms with Gasteiger partial charge in [0.2, 0.25) is 0 Å². The van der Waals surface area contributed by atoms with E-state index in [2.05, 4.69) is 24.5 Å². The lowest BCUT2D eigenvalue weighted by Gasteiger charge is -2.16. The number of rotatable bonds is 12. The van der Waals surface area contributed by atoms with Crippen molar-refractivity contribution in [1.29, 1.82) is 0 Å². The van der Waals surface area contributed by atoms with Crippen molar-refractivity contribution >= 4 is 23.2 Å². The summed E-state index contributed by atoms with van der Waals surface area (Å²) >= 11 is 0. The second-order valence-corrected chi connectivity index (χ2v) is 8.99. The van der Waals surface area contributed by atoms with E-state index >= 15 is 0 Å². The van der Waals surface area contributed by atoms with Crippen LogP contribution < -0.4 is 10.6 Å². The van der Waals surface area contributed by atoms with E-state index in [4.69, 9.17) is 0 Å². The minimum Gasteiger partial charge on any atom is -0.507 e. The monoisotopic (exact) mass is 488 g/mol. The van der Waals surface area contributed by atoms with Crippen molar-refractivity contribution in [3.8, 4) is 11.5 Å². The normalized spacial score (nSPS) is 10.7. The number of benzene rings is 3. The van der Waals surface area contributed by atoms with Gasteiger partial charge in [0.25, 0.3) is 11.8 Å². The highest BCUT2D eigenvalue weighted by Gasteiger charge is 2.20. The van der Waals surface area contributed by atoms with Crippen molar-refractivity contribution in [3.63, 3.8) is 0 Å². The Hall–Kier alpha value is -3.80. The number of carbonyl (C=O) groups excluding carboxylic acids is 2. The first-order valence-electron chi connectivity index (χ1n) is 12.8. The Morgan fingerprint density at radius 3 is 1.42 bits per heavy atom. The molecule has 0 heterocycles. The smallest absolute Gasteiger partial charge is 0.259 e. The van der Waals surface area contributed by atoms with Crippen LogP contribution in [0.2, 0.25) is 0 Å². The molecule has 0 unspecified atom stereocenters. The van der Waals surface area contributed by atoms with Gasteiger partial charge in [-0.2, -0.15) is 0 Å². The van der Waals surface area contributed by atoms with Crippen molar-refractivity contribution in [2.75, 3.05) is 10.6 Å². The van der Waals surface area contributed by atoms with Crippen LogP contribution >= 0.6 is 0 Å². The summed E-state index contributed by atoms with van der Waals surface area (Å²) in [7, 11) is 0. The summed E-state index contributed by atoms with van der Waals surface area (Å²) in [5.74, 6) is -1.03.